The number of aromatic nitrogens is 2. The van der Waals surface area contributed by atoms with Gasteiger partial charge >= 0.3 is 0 Å². The van der Waals surface area contributed by atoms with Crippen molar-refractivity contribution in [1.82, 2.24) is 20.4 Å². The smallest absolute Gasteiger partial charge is 0.223 e. The first-order valence-electron chi connectivity index (χ1n) is 8.70. The molecule has 2 aromatic heterocycles. The molecule has 0 aromatic carbocycles. The number of aryl methyl sites for hydroxylation is 2. The third-order valence-electron chi connectivity index (χ3n) is 5.26. The standard InChI is InChI=1S/C17H23N5O2S/c1-8-9(2)20-21-16-12(8)13(18)14(25-16)17(24)22-6-5-11(7-22)19-15(23)10-3-4-10/h10-11,17,24H,3-7,18H2,1-2H3,(H,19,23). The van der Waals surface area contributed by atoms with E-state index in [4.69, 9.17) is 5.73 Å². The van der Waals surface area contributed by atoms with Crippen LogP contribution in [0, 0.1) is 19.8 Å². The van der Waals surface area contributed by atoms with Crippen LogP contribution in [0.15, 0.2) is 0 Å². The van der Waals surface area contributed by atoms with Gasteiger partial charge in [0.05, 0.1) is 16.3 Å². The number of nitrogens with one attached hydrogen (secondary N) is 1. The van der Waals surface area contributed by atoms with Crippen molar-refractivity contribution in [3.8, 4) is 0 Å². The molecule has 0 radical (unpaired) electrons. The largest absolute Gasteiger partial charge is 0.397 e. The van der Waals surface area contributed by atoms with E-state index >= 15 is 0 Å². The number of anilines is 1. The summed E-state index contributed by atoms with van der Waals surface area (Å²) in [6.45, 7) is 5.25. The molecule has 7 nitrogen and oxygen atoms in total. The molecule has 1 saturated heterocycles. The summed E-state index contributed by atoms with van der Waals surface area (Å²) in [5.41, 5.74) is 8.77. The summed E-state index contributed by atoms with van der Waals surface area (Å²) in [6, 6.07) is 0.0992. The second-order valence-electron chi connectivity index (χ2n) is 7.11. The van der Waals surface area contributed by atoms with Gasteiger partial charge < -0.3 is 16.2 Å². The molecule has 4 N–H and O–H groups in total. The van der Waals surface area contributed by atoms with Gasteiger partial charge in [-0.1, -0.05) is 0 Å². The number of hydrogen-bond donors (Lipinski definition) is 3. The summed E-state index contributed by atoms with van der Waals surface area (Å²) in [5, 5.41) is 23.2. The first-order valence-corrected chi connectivity index (χ1v) is 9.51. The number of hydrogen-bond acceptors (Lipinski definition) is 7. The molecule has 8 heteroatoms. The highest BCUT2D eigenvalue weighted by atomic mass is 32.1. The summed E-state index contributed by atoms with van der Waals surface area (Å²) in [7, 11) is 0. The topological polar surface area (TPSA) is 104 Å². The van der Waals surface area contributed by atoms with Crippen LogP contribution in [0.5, 0.6) is 0 Å². The number of nitrogen functional groups attached to an aromatic ring is 1. The Labute approximate surface area is 150 Å². The molecule has 1 aliphatic carbocycles. The Morgan fingerprint density at radius 2 is 2.12 bits per heavy atom. The lowest BCUT2D eigenvalue weighted by atomic mass is 10.1. The number of carbonyl (C=O) groups is 1. The van der Waals surface area contributed by atoms with Gasteiger partial charge in [-0.05, 0) is 38.7 Å². The number of fused-ring (bicyclic) bond motifs is 1. The third kappa shape index (κ3) is 2.98. The van der Waals surface area contributed by atoms with Crippen molar-refractivity contribution in [3.05, 3.63) is 16.1 Å². The van der Waals surface area contributed by atoms with Crippen LogP contribution >= 0.6 is 11.3 Å². The molecule has 0 spiro atoms. The Morgan fingerprint density at radius 3 is 2.84 bits per heavy atom. The molecule has 2 atom stereocenters. The van der Waals surface area contributed by atoms with Crippen molar-refractivity contribution in [2.24, 2.45) is 5.92 Å². The van der Waals surface area contributed by atoms with Crippen molar-refractivity contribution >= 4 is 33.1 Å². The molecule has 3 heterocycles. The molecule has 25 heavy (non-hydrogen) atoms. The van der Waals surface area contributed by atoms with Gasteiger partial charge in [0.15, 0.2) is 0 Å². The number of nitrogens with two attached hydrogens (primary N) is 1. The Kier molecular flexibility index (Phi) is 4.13. The van der Waals surface area contributed by atoms with Crippen LogP contribution < -0.4 is 11.1 Å². The zero-order chi connectivity index (χ0) is 17.7. The van der Waals surface area contributed by atoms with E-state index in [-0.39, 0.29) is 17.9 Å². The van der Waals surface area contributed by atoms with Gasteiger partial charge in [0.1, 0.15) is 11.1 Å². The van der Waals surface area contributed by atoms with Gasteiger partial charge in [0.25, 0.3) is 0 Å². The van der Waals surface area contributed by atoms with E-state index in [9.17, 15) is 9.90 Å². The minimum Gasteiger partial charge on any atom is -0.397 e. The fraction of sp³-hybridized carbons (Fsp3) is 0.588. The Balaban J connectivity index is 1.52. The number of aliphatic hydroxyl groups is 1. The lowest BCUT2D eigenvalue weighted by Crippen LogP contribution is -2.38. The quantitative estimate of drug-likeness (QED) is 0.762. The van der Waals surface area contributed by atoms with Gasteiger partial charge in [-0.15, -0.1) is 16.4 Å². The number of thiophene rings is 1. The molecular weight excluding hydrogens is 338 g/mol. The van der Waals surface area contributed by atoms with E-state index in [1.54, 1.807) is 0 Å². The second-order valence-corrected chi connectivity index (χ2v) is 8.14. The predicted octanol–water partition coefficient (Wildman–Crippen LogP) is 1.48. The summed E-state index contributed by atoms with van der Waals surface area (Å²) in [4.78, 5) is 15.4. The van der Waals surface area contributed by atoms with Crippen LogP contribution in [0.1, 0.15) is 41.6 Å². The van der Waals surface area contributed by atoms with Gasteiger partial charge in [0.2, 0.25) is 5.91 Å². The molecular formula is C17H23N5O2S. The maximum Gasteiger partial charge on any atom is 0.223 e. The number of nitrogens with zero attached hydrogens (tertiary/aromatic N) is 3. The lowest BCUT2D eigenvalue weighted by Gasteiger charge is -2.22. The van der Waals surface area contributed by atoms with Gasteiger partial charge in [0, 0.05) is 30.4 Å². The van der Waals surface area contributed by atoms with Crippen molar-refractivity contribution in [2.45, 2.75) is 45.4 Å². The number of amides is 1. The highest BCUT2D eigenvalue weighted by molar-refractivity contribution is 7.19. The number of carbonyl (C=O) groups excluding carboxylic acids is 1. The molecule has 4 rings (SSSR count). The summed E-state index contributed by atoms with van der Waals surface area (Å²) < 4.78 is 0. The minimum atomic E-state index is -0.776. The molecule has 134 valence electrons. The summed E-state index contributed by atoms with van der Waals surface area (Å²) in [6.07, 6.45) is 2.08. The first kappa shape index (κ1) is 16.7. The molecule has 2 fully saturated rings. The van der Waals surface area contributed by atoms with E-state index in [0.29, 0.717) is 17.1 Å². The summed E-state index contributed by atoms with van der Waals surface area (Å²) >= 11 is 1.39. The van der Waals surface area contributed by atoms with Gasteiger partial charge in [-0.25, -0.2) is 0 Å². The Morgan fingerprint density at radius 1 is 1.36 bits per heavy atom. The van der Waals surface area contributed by atoms with E-state index < -0.39 is 6.23 Å². The maximum atomic E-state index is 11.9. The maximum absolute atomic E-state index is 11.9. The van der Waals surface area contributed by atoms with Gasteiger partial charge in [-0.3, -0.25) is 9.69 Å². The zero-order valence-electron chi connectivity index (χ0n) is 14.5. The van der Waals surface area contributed by atoms with Crippen LogP contribution in [0.2, 0.25) is 0 Å². The molecule has 1 saturated carbocycles. The van der Waals surface area contributed by atoms with E-state index in [1.807, 2.05) is 18.7 Å². The SMILES string of the molecule is Cc1nnc2sc(C(O)N3CCC(NC(=O)C4CC4)C3)c(N)c2c1C. The zero-order valence-corrected chi connectivity index (χ0v) is 15.3. The minimum absolute atomic E-state index is 0.0992. The molecule has 2 aliphatic rings. The lowest BCUT2D eigenvalue weighted by molar-refractivity contribution is -0.123. The van der Waals surface area contributed by atoms with E-state index in [0.717, 1.165) is 47.3 Å². The van der Waals surface area contributed by atoms with Crippen molar-refractivity contribution in [3.63, 3.8) is 0 Å². The van der Waals surface area contributed by atoms with E-state index in [1.165, 1.54) is 11.3 Å². The second kappa shape index (κ2) is 6.19. The molecule has 2 unspecified atom stereocenters. The van der Waals surface area contributed by atoms with Crippen LogP contribution in [0.25, 0.3) is 10.2 Å². The highest BCUT2D eigenvalue weighted by Gasteiger charge is 2.35. The van der Waals surface area contributed by atoms with Crippen molar-refractivity contribution in [1.29, 1.82) is 0 Å². The molecule has 2 aromatic rings. The average Bonchev–Trinajstić information content (AvgIpc) is 3.25. The van der Waals surface area contributed by atoms with E-state index in [2.05, 4.69) is 15.5 Å². The van der Waals surface area contributed by atoms with Crippen molar-refractivity contribution < 1.29 is 9.90 Å². The van der Waals surface area contributed by atoms with Crippen LogP contribution in [0.3, 0.4) is 0 Å². The monoisotopic (exact) mass is 361 g/mol. The normalized spacial score (nSPS) is 22.4. The number of likely N-dealkylation sites (tertiary alicyclic amines) is 1. The molecule has 0 bridgehead atoms. The van der Waals surface area contributed by atoms with Crippen molar-refractivity contribution in [2.75, 3.05) is 18.8 Å². The fourth-order valence-corrected chi connectivity index (χ4v) is 4.53. The Hall–Kier alpha value is -1.77. The highest BCUT2D eigenvalue weighted by Crippen LogP contribution is 2.40. The van der Waals surface area contributed by atoms with Crippen LogP contribution in [-0.2, 0) is 4.79 Å². The predicted molar refractivity (Wildman–Crippen MR) is 97.1 cm³/mol. The first-order chi connectivity index (χ1) is 12.0. The summed E-state index contributed by atoms with van der Waals surface area (Å²) in [5.74, 6) is 0.367. The molecule has 1 amide bonds. The fourth-order valence-electron chi connectivity index (χ4n) is 3.41. The van der Waals surface area contributed by atoms with Gasteiger partial charge in [-0.2, -0.15) is 5.10 Å². The van der Waals surface area contributed by atoms with Crippen LogP contribution in [-0.4, -0.2) is 45.2 Å². The third-order valence-corrected chi connectivity index (χ3v) is 6.39. The number of aliphatic hydroxyl groups excluding tert-OH is 1. The van der Waals surface area contributed by atoms with Crippen LogP contribution in [0.4, 0.5) is 5.69 Å². The molecule has 1 aliphatic heterocycles. The average molecular weight is 361 g/mol. The Bertz CT molecular complexity index is 832. The number of rotatable bonds is 4.